The molecule has 0 aliphatic carbocycles. The average molecular weight is 234 g/mol. The second kappa shape index (κ2) is 6.18. The molecule has 3 heteroatoms. The number of halogens is 1. The lowest BCUT2D eigenvalue weighted by Gasteiger charge is -2.02. The Bertz CT molecular complexity index is 441. The molecule has 1 atom stereocenters. The van der Waals surface area contributed by atoms with Gasteiger partial charge in [-0.25, -0.2) is 9.37 Å². The number of aryl methyl sites for hydroxylation is 1. The summed E-state index contributed by atoms with van der Waals surface area (Å²) in [6.45, 7) is 7.91. The summed E-state index contributed by atoms with van der Waals surface area (Å²) < 4.78 is 15.5. The molecule has 0 aromatic carbocycles. The van der Waals surface area contributed by atoms with Gasteiger partial charge in [-0.2, -0.15) is 0 Å². The molecule has 17 heavy (non-hydrogen) atoms. The molecule has 0 fully saturated rings. The van der Waals surface area contributed by atoms with E-state index in [1.165, 1.54) is 6.08 Å². The number of nitrogens with zero attached hydrogens (tertiary/aromatic N) is 2. The second-order valence-electron chi connectivity index (χ2n) is 4.13. The third kappa shape index (κ3) is 3.70. The van der Waals surface area contributed by atoms with Crippen LogP contribution in [0.15, 0.2) is 43.0 Å². The van der Waals surface area contributed by atoms with E-state index in [1.807, 2.05) is 13.1 Å². The number of hydrogen-bond acceptors (Lipinski definition) is 1. The summed E-state index contributed by atoms with van der Waals surface area (Å²) in [5.41, 5.74) is 0.311. The van der Waals surface area contributed by atoms with Crippen molar-refractivity contribution in [1.29, 1.82) is 0 Å². The first-order chi connectivity index (χ1) is 8.06. The maximum absolute atomic E-state index is 13.8. The first-order valence-corrected chi connectivity index (χ1v) is 5.77. The molecular formula is C14H19FN2. The SMILES string of the molecule is C=C(/C(F)=C\C=C/C(C)CC)c1nccn1C. The second-order valence-corrected chi connectivity index (χ2v) is 4.13. The Morgan fingerprint density at radius 2 is 2.35 bits per heavy atom. The molecule has 0 aliphatic rings. The van der Waals surface area contributed by atoms with Gasteiger partial charge in [0.2, 0.25) is 0 Å². The normalized spacial score (nSPS) is 14.2. The minimum atomic E-state index is -0.348. The van der Waals surface area contributed by atoms with E-state index in [0.29, 0.717) is 17.3 Å². The summed E-state index contributed by atoms with van der Waals surface area (Å²) in [5.74, 6) is 0.662. The van der Waals surface area contributed by atoms with Crippen LogP contribution in [0.4, 0.5) is 4.39 Å². The topological polar surface area (TPSA) is 17.8 Å². The number of imidazole rings is 1. The molecule has 0 amide bonds. The van der Waals surface area contributed by atoms with E-state index in [9.17, 15) is 4.39 Å². The van der Waals surface area contributed by atoms with Crippen LogP contribution in [0.1, 0.15) is 26.1 Å². The molecule has 0 spiro atoms. The summed E-state index contributed by atoms with van der Waals surface area (Å²) in [4.78, 5) is 4.05. The van der Waals surface area contributed by atoms with Crippen molar-refractivity contribution < 1.29 is 4.39 Å². The number of allylic oxidation sites excluding steroid dienone is 5. The molecule has 0 saturated carbocycles. The molecule has 0 N–H and O–H groups in total. The lowest BCUT2D eigenvalue weighted by atomic mass is 10.1. The number of aromatic nitrogens is 2. The molecule has 0 radical (unpaired) electrons. The maximum atomic E-state index is 13.8. The minimum absolute atomic E-state index is 0.311. The lowest BCUT2D eigenvalue weighted by Crippen LogP contribution is -1.95. The van der Waals surface area contributed by atoms with Gasteiger partial charge in [0, 0.05) is 25.0 Å². The highest BCUT2D eigenvalue weighted by Gasteiger charge is 2.08. The standard InChI is InChI=1S/C14H19FN2/c1-5-11(2)7-6-8-13(15)12(3)14-16-9-10-17(14)4/h6-11H,3,5H2,1-2,4H3/b7-6-,13-8+. The van der Waals surface area contributed by atoms with Crippen LogP contribution in [0.25, 0.3) is 5.57 Å². The van der Waals surface area contributed by atoms with Crippen molar-refractivity contribution in [2.45, 2.75) is 20.3 Å². The Labute approximate surface area is 102 Å². The van der Waals surface area contributed by atoms with Gasteiger partial charge in [0.1, 0.15) is 11.7 Å². The number of rotatable bonds is 5. The highest BCUT2D eigenvalue weighted by Crippen LogP contribution is 2.20. The highest BCUT2D eigenvalue weighted by atomic mass is 19.1. The van der Waals surface area contributed by atoms with Gasteiger partial charge in [0.25, 0.3) is 0 Å². The first kappa shape index (κ1) is 13.4. The quantitative estimate of drug-likeness (QED) is 0.707. The van der Waals surface area contributed by atoms with Crippen LogP contribution < -0.4 is 0 Å². The van der Waals surface area contributed by atoms with Crippen molar-refractivity contribution in [2.24, 2.45) is 13.0 Å². The van der Waals surface area contributed by atoms with Gasteiger partial charge in [-0.1, -0.05) is 39.0 Å². The first-order valence-electron chi connectivity index (χ1n) is 5.77. The third-order valence-electron chi connectivity index (χ3n) is 2.71. The summed E-state index contributed by atoms with van der Waals surface area (Å²) in [6.07, 6.45) is 9.59. The zero-order valence-corrected chi connectivity index (χ0v) is 10.7. The fourth-order valence-corrected chi connectivity index (χ4v) is 1.33. The van der Waals surface area contributed by atoms with E-state index in [4.69, 9.17) is 0 Å². The van der Waals surface area contributed by atoms with Crippen LogP contribution in [0.2, 0.25) is 0 Å². The minimum Gasteiger partial charge on any atom is -0.334 e. The van der Waals surface area contributed by atoms with Crippen molar-refractivity contribution in [3.63, 3.8) is 0 Å². The Kier molecular flexibility index (Phi) is 4.88. The summed E-state index contributed by atoms with van der Waals surface area (Å²) >= 11 is 0. The zero-order chi connectivity index (χ0) is 12.8. The lowest BCUT2D eigenvalue weighted by molar-refractivity contribution is 0.668. The van der Waals surface area contributed by atoms with Crippen molar-refractivity contribution in [2.75, 3.05) is 0 Å². The van der Waals surface area contributed by atoms with E-state index >= 15 is 0 Å². The molecule has 1 unspecified atom stereocenters. The summed E-state index contributed by atoms with van der Waals surface area (Å²) in [5, 5.41) is 0. The largest absolute Gasteiger partial charge is 0.334 e. The highest BCUT2D eigenvalue weighted by molar-refractivity contribution is 5.71. The molecule has 1 aromatic rings. The van der Waals surface area contributed by atoms with Crippen molar-refractivity contribution in [3.8, 4) is 0 Å². The molecule has 92 valence electrons. The zero-order valence-electron chi connectivity index (χ0n) is 10.7. The van der Waals surface area contributed by atoms with Crippen LogP contribution in [0.3, 0.4) is 0 Å². The van der Waals surface area contributed by atoms with E-state index in [0.717, 1.165) is 6.42 Å². The van der Waals surface area contributed by atoms with Crippen LogP contribution >= 0.6 is 0 Å². The number of hydrogen-bond donors (Lipinski definition) is 0. The van der Waals surface area contributed by atoms with Crippen molar-refractivity contribution in [1.82, 2.24) is 9.55 Å². The van der Waals surface area contributed by atoms with Gasteiger partial charge in [0.05, 0.1) is 0 Å². The van der Waals surface area contributed by atoms with Crippen LogP contribution in [0.5, 0.6) is 0 Å². The molecule has 0 saturated heterocycles. The summed E-state index contributed by atoms with van der Waals surface area (Å²) in [7, 11) is 1.82. The third-order valence-corrected chi connectivity index (χ3v) is 2.71. The predicted molar refractivity (Wildman–Crippen MR) is 70.0 cm³/mol. The molecule has 0 bridgehead atoms. The fraction of sp³-hybridized carbons (Fsp3) is 0.357. The monoisotopic (exact) mass is 234 g/mol. The van der Waals surface area contributed by atoms with Gasteiger partial charge < -0.3 is 4.57 Å². The van der Waals surface area contributed by atoms with E-state index in [2.05, 4.69) is 25.4 Å². The van der Waals surface area contributed by atoms with E-state index < -0.39 is 0 Å². The Morgan fingerprint density at radius 3 is 2.88 bits per heavy atom. The molecule has 2 nitrogen and oxygen atoms in total. The van der Waals surface area contributed by atoms with Gasteiger partial charge in [-0.05, 0) is 12.0 Å². The predicted octanol–water partition coefficient (Wildman–Crippen LogP) is 3.89. The van der Waals surface area contributed by atoms with Gasteiger partial charge in [0.15, 0.2) is 0 Å². The van der Waals surface area contributed by atoms with Gasteiger partial charge in [-0.3, -0.25) is 0 Å². The maximum Gasteiger partial charge on any atom is 0.141 e. The molecule has 1 heterocycles. The molecule has 1 rings (SSSR count). The van der Waals surface area contributed by atoms with Gasteiger partial charge in [-0.15, -0.1) is 0 Å². The van der Waals surface area contributed by atoms with Crippen LogP contribution in [0, 0.1) is 5.92 Å². The fourth-order valence-electron chi connectivity index (χ4n) is 1.33. The molecule has 1 aromatic heterocycles. The molecular weight excluding hydrogens is 215 g/mol. The molecule has 0 aliphatic heterocycles. The van der Waals surface area contributed by atoms with Crippen LogP contribution in [-0.4, -0.2) is 9.55 Å². The Hall–Kier alpha value is -1.64. The van der Waals surface area contributed by atoms with E-state index in [1.54, 1.807) is 23.0 Å². The average Bonchev–Trinajstić information content (AvgIpc) is 2.74. The Morgan fingerprint density at radius 1 is 1.65 bits per heavy atom. The smallest absolute Gasteiger partial charge is 0.141 e. The Balaban J connectivity index is 2.74. The van der Waals surface area contributed by atoms with Crippen molar-refractivity contribution in [3.05, 3.63) is 48.9 Å². The van der Waals surface area contributed by atoms with E-state index in [-0.39, 0.29) is 5.83 Å². The van der Waals surface area contributed by atoms with Crippen LogP contribution in [-0.2, 0) is 7.05 Å². The van der Waals surface area contributed by atoms with Gasteiger partial charge >= 0.3 is 0 Å². The summed E-state index contributed by atoms with van der Waals surface area (Å²) in [6, 6.07) is 0. The van der Waals surface area contributed by atoms with Crippen molar-refractivity contribution >= 4 is 5.57 Å².